The minimum Gasteiger partial charge on any atom is -0.351 e. The fourth-order valence-electron chi connectivity index (χ4n) is 5.22. The Morgan fingerprint density at radius 3 is 0.795 bits per heavy atom. The SMILES string of the molecule is CCCCCCCCNC(=O)C[N+](C)(C)CC(=O)NCCCCCCNC(=O)C[N+](C)(C)CC(=O)NCCCCCCCC. The molecular weight excluding hydrogens is 556 g/mol. The van der Waals surface area contributed by atoms with Crippen molar-refractivity contribution in [1.29, 1.82) is 0 Å². The highest BCUT2D eigenvalue weighted by Gasteiger charge is 2.24. The topological polar surface area (TPSA) is 116 Å². The molecule has 0 rings (SSSR count). The summed E-state index contributed by atoms with van der Waals surface area (Å²) in [5.41, 5.74) is 0. The molecular formula is C34H70N6O4+2. The number of nitrogens with zero attached hydrogens (tertiary/aromatic N) is 2. The second-order valence-electron chi connectivity index (χ2n) is 13.9. The Balaban J connectivity index is 3.86. The van der Waals surface area contributed by atoms with Gasteiger partial charge < -0.3 is 30.2 Å². The second-order valence-corrected chi connectivity index (χ2v) is 13.9. The lowest BCUT2D eigenvalue weighted by Crippen LogP contribution is -2.52. The summed E-state index contributed by atoms with van der Waals surface area (Å²) in [7, 11) is 7.63. The van der Waals surface area contributed by atoms with Crippen molar-refractivity contribution in [3.05, 3.63) is 0 Å². The number of carbonyl (C=O) groups excluding carboxylic acids is 4. The van der Waals surface area contributed by atoms with Gasteiger partial charge in [-0.3, -0.25) is 19.2 Å². The van der Waals surface area contributed by atoms with Gasteiger partial charge in [0.15, 0.2) is 26.2 Å². The zero-order chi connectivity index (χ0) is 33.1. The van der Waals surface area contributed by atoms with Crippen molar-refractivity contribution >= 4 is 23.6 Å². The van der Waals surface area contributed by atoms with E-state index < -0.39 is 0 Å². The highest BCUT2D eigenvalue weighted by atomic mass is 16.2. The lowest BCUT2D eigenvalue weighted by Gasteiger charge is -2.28. The van der Waals surface area contributed by atoms with Gasteiger partial charge in [-0.2, -0.15) is 0 Å². The molecule has 10 heteroatoms. The van der Waals surface area contributed by atoms with Crippen molar-refractivity contribution in [1.82, 2.24) is 21.3 Å². The standard InChI is InChI=1S/C34H68N6O4/c1-7-9-11-13-15-19-23-35-31(41)27-39(3,4)29-33(43)37-25-21-17-18-22-26-38-34(44)30-40(5,6)28-32(42)36-24-20-16-14-12-10-8-2/h7-30H2,1-6H3,(H2-2,35,36,37,38,41,42,43,44)/p+2. The van der Waals surface area contributed by atoms with Crippen LogP contribution in [0.15, 0.2) is 0 Å². The highest BCUT2D eigenvalue weighted by molar-refractivity contribution is 5.80. The van der Waals surface area contributed by atoms with Gasteiger partial charge in [-0.25, -0.2) is 0 Å². The van der Waals surface area contributed by atoms with Crippen LogP contribution in [0.5, 0.6) is 0 Å². The lowest BCUT2D eigenvalue weighted by atomic mass is 10.1. The number of hydrogen-bond donors (Lipinski definition) is 4. The summed E-state index contributed by atoms with van der Waals surface area (Å²) in [5.74, 6) is -0.0869. The smallest absolute Gasteiger partial charge is 0.275 e. The number of quaternary nitrogens is 2. The largest absolute Gasteiger partial charge is 0.351 e. The van der Waals surface area contributed by atoms with E-state index in [9.17, 15) is 19.2 Å². The summed E-state index contributed by atoms with van der Waals surface area (Å²) < 4.78 is 0.653. The van der Waals surface area contributed by atoms with E-state index in [0.717, 1.165) is 51.4 Å². The molecule has 0 saturated heterocycles. The third-order valence-corrected chi connectivity index (χ3v) is 7.74. The number of nitrogens with one attached hydrogen (secondary N) is 4. The summed E-state index contributed by atoms with van der Waals surface area (Å²) >= 11 is 0. The fourth-order valence-corrected chi connectivity index (χ4v) is 5.22. The summed E-state index contributed by atoms with van der Waals surface area (Å²) in [6, 6.07) is 0. The summed E-state index contributed by atoms with van der Waals surface area (Å²) in [6.45, 7) is 8.17. The van der Waals surface area contributed by atoms with Gasteiger partial charge in [0.2, 0.25) is 0 Å². The Morgan fingerprint density at radius 2 is 0.568 bits per heavy atom. The molecule has 0 fully saturated rings. The summed E-state index contributed by atoms with van der Waals surface area (Å²) in [5, 5.41) is 11.9. The van der Waals surface area contributed by atoms with Crippen molar-refractivity contribution in [2.45, 2.75) is 117 Å². The third-order valence-electron chi connectivity index (χ3n) is 7.74. The zero-order valence-corrected chi connectivity index (χ0v) is 29.5. The van der Waals surface area contributed by atoms with Gasteiger partial charge in [0.25, 0.3) is 23.6 Å². The van der Waals surface area contributed by atoms with Gasteiger partial charge in [0, 0.05) is 26.2 Å². The lowest BCUT2D eigenvalue weighted by molar-refractivity contribution is -0.874. The van der Waals surface area contributed by atoms with Crippen molar-refractivity contribution in [2.24, 2.45) is 0 Å². The second kappa shape index (κ2) is 26.1. The summed E-state index contributed by atoms with van der Waals surface area (Å²) in [6.07, 6.45) is 18.0. The van der Waals surface area contributed by atoms with Crippen LogP contribution < -0.4 is 21.3 Å². The first-order valence-electron chi connectivity index (χ1n) is 17.6. The Labute approximate surface area is 270 Å². The van der Waals surface area contributed by atoms with Crippen LogP contribution in [0.1, 0.15) is 117 Å². The van der Waals surface area contributed by atoms with Gasteiger partial charge >= 0.3 is 0 Å². The molecule has 4 N–H and O–H groups in total. The molecule has 0 aromatic carbocycles. The van der Waals surface area contributed by atoms with E-state index in [1.807, 2.05) is 28.2 Å². The van der Waals surface area contributed by atoms with E-state index in [-0.39, 0.29) is 49.8 Å². The fraction of sp³-hybridized carbons (Fsp3) is 0.882. The molecule has 0 heterocycles. The molecule has 4 amide bonds. The molecule has 258 valence electrons. The third kappa shape index (κ3) is 27.4. The van der Waals surface area contributed by atoms with E-state index in [1.54, 1.807) is 0 Å². The number of carbonyl (C=O) groups is 4. The van der Waals surface area contributed by atoms with E-state index in [0.29, 0.717) is 35.1 Å². The molecule has 0 aliphatic heterocycles. The minimum atomic E-state index is -0.0391. The Hall–Kier alpha value is -2.20. The first-order chi connectivity index (χ1) is 20.9. The van der Waals surface area contributed by atoms with Gasteiger partial charge in [-0.1, -0.05) is 90.9 Å². The zero-order valence-electron chi connectivity index (χ0n) is 29.5. The first-order valence-corrected chi connectivity index (χ1v) is 17.6. The minimum absolute atomic E-state index is 0.00439. The van der Waals surface area contributed by atoms with E-state index in [1.165, 1.54) is 51.4 Å². The maximum absolute atomic E-state index is 12.4. The molecule has 0 aliphatic rings. The molecule has 0 bridgehead atoms. The number of rotatable bonds is 29. The quantitative estimate of drug-likeness (QED) is 0.0745. The van der Waals surface area contributed by atoms with Crippen molar-refractivity contribution in [2.75, 3.05) is 80.5 Å². The van der Waals surface area contributed by atoms with Gasteiger partial charge in [0.05, 0.1) is 28.2 Å². The van der Waals surface area contributed by atoms with Crippen LogP contribution in [0.25, 0.3) is 0 Å². The average Bonchev–Trinajstić information content (AvgIpc) is 2.92. The van der Waals surface area contributed by atoms with E-state index >= 15 is 0 Å². The molecule has 0 spiro atoms. The molecule has 0 aromatic rings. The molecule has 0 atom stereocenters. The first kappa shape index (κ1) is 41.8. The van der Waals surface area contributed by atoms with Crippen molar-refractivity contribution < 1.29 is 28.1 Å². The van der Waals surface area contributed by atoms with Crippen LogP contribution in [0.4, 0.5) is 0 Å². The molecule has 0 unspecified atom stereocenters. The van der Waals surface area contributed by atoms with Crippen LogP contribution in [0, 0.1) is 0 Å². The maximum Gasteiger partial charge on any atom is 0.275 e. The predicted octanol–water partition coefficient (Wildman–Crippen LogP) is 3.89. The Kier molecular flexibility index (Phi) is 24.8. The number of likely N-dealkylation sites (N-methyl/N-ethyl adjacent to an activating group) is 2. The van der Waals surface area contributed by atoms with Crippen LogP contribution in [-0.4, -0.2) is 113 Å². The Morgan fingerprint density at radius 1 is 0.364 bits per heavy atom. The molecule has 0 radical (unpaired) electrons. The monoisotopic (exact) mass is 627 g/mol. The van der Waals surface area contributed by atoms with E-state index in [2.05, 4.69) is 35.1 Å². The molecule has 10 nitrogen and oxygen atoms in total. The normalized spacial score (nSPS) is 11.7. The Bertz CT molecular complexity index is 724. The van der Waals surface area contributed by atoms with Crippen molar-refractivity contribution in [3.63, 3.8) is 0 Å². The van der Waals surface area contributed by atoms with Gasteiger partial charge in [0.1, 0.15) is 0 Å². The van der Waals surface area contributed by atoms with Gasteiger partial charge in [-0.05, 0) is 25.7 Å². The van der Waals surface area contributed by atoms with Crippen LogP contribution in [0.2, 0.25) is 0 Å². The average molecular weight is 627 g/mol. The molecule has 0 aromatic heterocycles. The molecule has 44 heavy (non-hydrogen) atoms. The number of hydrogen-bond acceptors (Lipinski definition) is 4. The number of amides is 4. The summed E-state index contributed by atoms with van der Waals surface area (Å²) in [4.78, 5) is 49.4. The van der Waals surface area contributed by atoms with Crippen molar-refractivity contribution in [3.8, 4) is 0 Å². The number of unbranched alkanes of at least 4 members (excludes halogenated alkanes) is 13. The van der Waals surface area contributed by atoms with Crippen LogP contribution >= 0.6 is 0 Å². The molecule has 0 saturated carbocycles. The van der Waals surface area contributed by atoms with Gasteiger partial charge in [-0.15, -0.1) is 0 Å². The maximum atomic E-state index is 12.4. The molecule has 0 aliphatic carbocycles. The van der Waals surface area contributed by atoms with Crippen LogP contribution in [-0.2, 0) is 19.2 Å². The van der Waals surface area contributed by atoms with E-state index in [4.69, 9.17) is 0 Å². The van der Waals surface area contributed by atoms with Crippen LogP contribution in [0.3, 0.4) is 0 Å². The predicted molar refractivity (Wildman–Crippen MR) is 181 cm³/mol. The highest BCUT2D eigenvalue weighted by Crippen LogP contribution is 2.06.